The highest BCUT2D eigenvalue weighted by atomic mass is 16.4. The second-order valence-electron chi connectivity index (χ2n) is 6.88. The maximum Gasteiger partial charge on any atom is 0.303 e. The van der Waals surface area contributed by atoms with Crippen molar-refractivity contribution in [1.82, 2.24) is 15.6 Å². The highest BCUT2D eigenvalue weighted by molar-refractivity contribution is 5.81. The SMILES string of the molecule is O=C(O)CC[C@@]1(CCC(=O)NCc2cc3ccccc3[nH]2)CCC(=O)N1. The van der Waals surface area contributed by atoms with Crippen molar-refractivity contribution >= 4 is 28.7 Å². The number of benzene rings is 1. The Morgan fingerprint density at radius 2 is 1.96 bits per heavy atom. The number of hydrogen-bond acceptors (Lipinski definition) is 3. The lowest BCUT2D eigenvalue weighted by atomic mass is 9.86. The zero-order chi connectivity index (χ0) is 18.6. The number of carbonyl (C=O) groups excluding carboxylic acids is 2. The lowest BCUT2D eigenvalue weighted by Crippen LogP contribution is -2.43. The number of rotatable bonds is 8. The highest BCUT2D eigenvalue weighted by Gasteiger charge is 2.37. The van der Waals surface area contributed by atoms with E-state index in [-0.39, 0.29) is 24.7 Å². The number of fused-ring (bicyclic) bond motifs is 1. The van der Waals surface area contributed by atoms with Gasteiger partial charge in [-0.25, -0.2) is 0 Å². The molecule has 0 radical (unpaired) electrons. The minimum Gasteiger partial charge on any atom is -0.481 e. The van der Waals surface area contributed by atoms with Crippen molar-refractivity contribution in [2.75, 3.05) is 0 Å². The Labute approximate surface area is 151 Å². The zero-order valence-electron chi connectivity index (χ0n) is 14.5. The van der Waals surface area contributed by atoms with Gasteiger partial charge in [0.2, 0.25) is 11.8 Å². The standard InChI is InChI=1S/C19H23N3O4/c23-16(20-12-14-11-13-3-1-2-4-15(13)21-14)5-8-19(10-7-18(25)26)9-6-17(24)22-19/h1-4,11,21H,5-10,12H2,(H,20,23)(H,22,24)(H,25,26)/t19-/m1/s1. The quantitative estimate of drug-likeness (QED) is 0.579. The van der Waals surface area contributed by atoms with Crippen molar-refractivity contribution < 1.29 is 19.5 Å². The molecule has 0 saturated carbocycles. The van der Waals surface area contributed by atoms with E-state index in [1.807, 2.05) is 30.3 Å². The topological polar surface area (TPSA) is 111 Å². The van der Waals surface area contributed by atoms with Gasteiger partial charge >= 0.3 is 5.97 Å². The number of hydrogen-bond donors (Lipinski definition) is 4. The van der Waals surface area contributed by atoms with Crippen LogP contribution in [0.25, 0.3) is 10.9 Å². The number of aromatic amines is 1. The summed E-state index contributed by atoms with van der Waals surface area (Å²) >= 11 is 0. The van der Waals surface area contributed by atoms with Crippen LogP contribution in [-0.4, -0.2) is 33.4 Å². The number of carbonyl (C=O) groups is 3. The van der Waals surface area contributed by atoms with Crippen molar-refractivity contribution in [3.8, 4) is 0 Å². The molecule has 0 bridgehead atoms. The molecule has 26 heavy (non-hydrogen) atoms. The van der Waals surface area contributed by atoms with E-state index in [9.17, 15) is 14.4 Å². The molecule has 2 amide bonds. The fraction of sp³-hybridized carbons (Fsp3) is 0.421. The smallest absolute Gasteiger partial charge is 0.303 e. The highest BCUT2D eigenvalue weighted by Crippen LogP contribution is 2.30. The number of carboxylic acid groups (broad SMARTS) is 1. The molecule has 1 aliphatic heterocycles. The molecular formula is C19H23N3O4. The Morgan fingerprint density at radius 1 is 1.19 bits per heavy atom. The average Bonchev–Trinajstić information content (AvgIpc) is 3.20. The van der Waals surface area contributed by atoms with Gasteiger partial charge in [0.15, 0.2) is 0 Å². The Balaban J connectivity index is 1.51. The van der Waals surface area contributed by atoms with E-state index in [1.54, 1.807) is 0 Å². The van der Waals surface area contributed by atoms with Crippen LogP contribution in [0.5, 0.6) is 0 Å². The van der Waals surface area contributed by atoms with Crippen molar-refractivity contribution in [2.24, 2.45) is 0 Å². The van der Waals surface area contributed by atoms with Crippen LogP contribution in [0.4, 0.5) is 0 Å². The fourth-order valence-electron chi connectivity index (χ4n) is 3.48. The van der Waals surface area contributed by atoms with Gasteiger partial charge < -0.3 is 20.7 Å². The van der Waals surface area contributed by atoms with Crippen LogP contribution >= 0.6 is 0 Å². The molecule has 2 aromatic rings. The number of aromatic nitrogens is 1. The van der Waals surface area contributed by atoms with Crippen LogP contribution in [0.15, 0.2) is 30.3 Å². The summed E-state index contributed by atoms with van der Waals surface area (Å²) in [5.41, 5.74) is 1.38. The monoisotopic (exact) mass is 357 g/mol. The van der Waals surface area contributed by atoms with Gasteiger partial charge in [0, 0.05) is 36.0 Å². The first-order valence-corrected chi connectivity index (χ1v) is 8.82. The van der Waals surface area contributed by atoms with Gasteiger partial charge in [-0.05, 0) is 36.8 Å². The first-order chi connectivity index (χ1) is 12.5. The maximum atomic E-state index is 12.2. The summed E-state index contributed by atoms with van der Waals surface area (Å²) in [6.07, 6.45) is 2.00. The summed E-state index contributed by atoms with van der Waals surface area (Å²) in [6, 6.07) is 9.90. The number of amides is 2. The number of para-hydroxylation sites is 1. The zero-order valence-corrected chi connectivity index (χ0v) is 14.5. The first-order valence-electron chi connectivity index (χ1n) is 8.82. The molecule has 4 N–H and O–H groups in total. The van der Waals surface area contributed by atoms with Crippen LogP contribution in [0.3, 0.4) is 0 Å². The minimum atomic E-state index is -0.895. The molecule has 1 atom stereocenters. The molecule has 1 aromatic heterocycles. The lowest BCUT2D eigenvalue weighted by Gasteiger charge is -2.28. The van der Waals surface area contributed by atoms with Crippen LogP contribution in [0, 0.1) is 0 Å². The largest absolute Gasteiger partial charge is 0.481 e. The molecule has 3 rings (SSSR count). The van der Waals surface area contributed by atoms with E-state index in [2.05, 4.69) is 15.6 Å². The molecule has 0 spiro atoms. The third-order valence-corrected chi connectivity index (χ3v) is 4.94. The first kappa shape index (κ1) is 18.0. The predicted molar refractivity (Wildman–Crippen MR) is 96.4 cm³/mol. The lowest BCUT2D eigenvalue weighted by molar-refractivity contribution is -0.137. The van der Waals surface area contributed by atoms with Crippen molar-refractivity contribution in [3.05, 3.63) is 36.0 Å². The van der Waals surface area contributed by atoms with Crippen LogP contribution in [0.1, 0.15) is 44.2 Å². The molecule has 0 unspecified atom stereocenters. The second-order valence-corrected chi connectivity index (χ2v) is 6.88. The van der Waals surface area contributed by atoms with Gasteiger partial charge in [-0.3, -0.25) is 14.4 Å². The molecular weight excluding hydrogens is 334 g/mol. The van der Waals surface area contributed by atoms with E-state index < -0.39 is 11.5 Å². The summed E-state index contributed by atoms with van der Waals surface area (Å²) in [4.78, 5) is 37.9. The summed E-state index contributed by atoms with van der Waals surface area (Å²) in [6.45, 7) is 0.405. The minimum absolute atomic E-state index is 0.0169. The summed E-state index contributed by atoms with van der Waals surface area (Å²) < 4.78 is 0. The molecule has 7 nitrogen and oxygen atoms in total. The third kappa shape index (κ3) is 4.41. The van der Waals surface area contributed by atoms with Crippen molar-refractivity contribution in [2.45, 2.75) is 50.6 Å². The number of nitrogens with one attached hydrogen (secondary N) is 3. The summed E-state index contributed by atoms with van der Waals surface area (Å²) in [7, 11) is 0. The molecule has 1 aromatic carbocycles. The van der Waals surface area contributed by atoms with E-state index in [1.165, 1.54) is 0 Å². The molecule has 2 heterocycles. The van der Waals surface area contributed by atoms with Crippen LogP contribution in [-0.2, 0) is 20.9 Å². The van der Waals surface area contributed by atoms with Gasteiger partial charge in [0.1, 0.15) is 0 Å². The number of aliphatic carboxylic acids is 1. The van der Waals surface area contributed by atoms with Gasteiger partial charge in [0.25, 0.3) is 0 Å². The second kappa shape index (κ2) is 7.59. The Bertz CT molecular complexity index is 796. The van der Waals surface area contributed by atoms with Gasteiger partial charge in [-0.15, -0.1) is 0 Å². The number of carboxylic acids is 1. The molecule has 138 valence electrons. The maximum absolute atomic E-state index is 12.2. The van der Waals surface area contributed by atoms with Crippen LogP contribution in [0.2, 0.25) is 0 Å². The van der Waals surface area contributed by atoms with Crippen molar-refractivity contribution in [1.29, 1.82) is 0 Å². The predicted octanol–water partition coefficient (Wildman–Crippen LogP) is 2.08. The van der Waals surface area contributed by atoms with E-state index in [0.29, 0.717) is 32.2 Å². The van der Waals surface area contributed by atoms with E-state index in [4.69, 9.17) is 5.11 Å². The molecule has 1 fully saturated rings. The molecule has 0 aliphatic carbocycles. The molecule has 1 saturated heterocycles. The van der Waals surface area contributed by atoms with Crippen molar-refractivity contribution in [3.63, 3.8) is 0 Å². The Morgan fingerprint density at radius 3 is 2.65 bits per heavy atom. The summed E-state index contributed by atoms with van der Waals surface area (Å²) in [5, 5.41) is 15.8. The molecule has 7 heteroatoms. The molecule has 1 aliphatic rings. The third-order valence-electron chi connectivity index (χ3n) is 4.94. The van der Waals surface area contributed by atoms with Gasteiger partial charge in [-0.2, -0.15) is 0 Å². The van der Waals surface area contributed by atoms with E-state index in [0.717, 1.165) is 16.6 Å². The Hall–Kier alpha value is -2.83. The average molecular weight is 357 g/mol. The summed E-state index contributed by atoms with van der Waals surface area (Å²) in [5.74, 6) is -1.08. The van der Waals surface area contributed by atoms with Gasteiger partial charge in [0.05, 0.1) is 6.54 Å². The van der Waals surface area contributed by atoms with Gasteiger partial charge in [-0.1, -0.05) is 18.2 Å². The normalized spacial score (nSPS) is 19.5. The van der Waals surface area contributed by atoms with E-state index >= 15 is 0 Å². The number of H-pyrrole nitrogens is 1. The Kier molecular flexibility index (Phi) is 5.25. The fourth-order valence-corrected chi connectivity index (χ4v) is 3.48. The van der Waals surface area contributed by atoms with Crippen LogP contribution < -0.4 is 10.6 Å².